The molecule has 0 bridgehead atoms. The van der Waals surface area contributed by atoms with Crippen LogP contribution in [-0.4, -0.2) is 37.3 Å². The first-order chi connectivity index (χ1) is 16.3. The van der Waals surface area contributed by atoms with Crippen LogP contribution in [0.1, 0.15) is 28.8 Å². The zero-order valence-electron chi connectivity index (χ0n) is 18.0. The minimum absolute atomic E-state index is 0.00399. The number of ketones is 1. The number of aromatic amines is 1. The summed E-state index contributed by atoms with van der Waals surface area (Å²) in [5.74, 6) is -2.75. The van der Waals surface area contributed by atoms with Gasteiger partial charge >= 0.3 is 0 Å². The zero-order chi connectivity index (χ0) is 24.0. The monoisotopic (exact) mass is 482 g/mol. The lowest BCUT2D eigenvalue weighted by Gasteiger charge is -2.09. The van der Waals surface area contributed by atoms with Crippen molar-refractivity contribution in [3.8, 4) is 11.1 Å². The quantitative estimate of drug-likeness (QED) is 0.342. The van der Waals surface area contributed by atoms with Crippen LogP contribution in [0.2, 0.25) is 0 Å². The number of benzene rings is 2. The van der Waals surface area contributed by atoms with E-state index in [-0.39, 0.29) is 22.2 Å². The molecule has 1 aliphatic carbocycles. The Labute approximate surface area is 194 Å². The van der Waals surface area contributed by atoms with Crippen LogP contribution in [0.4, 0.5) is 14.5 Å². The van der Waals surface area contributed by atoms with E-state index in [9.17, 15) is 22.0 Å². The SMILES string of the molecule is CNc1ccc(F)c(C(=O)c2c[nH]c3ncc(-c4ccc(S(=O)(=O)NC5CC5)cc4)cc23)c1F. The number of aromatic nitrogens is 2. The normalized spacial score (nSPS) is 13.9. The van der Waals surface area contributed by atoms with E-state index in [0.717, 1.165) is 18.9 Å². The Balaban J connectivity index is 1.51. The Morgan fingerprint density at radius 1 is 1.09 bits per heavy atom. The maximum absolute atomic E-state index is 14.7. The van der Waals surface area contributed by atoms with E-state index in [1.807, 2.05) is 0 Å². The van der Waals surface area contributed by atoms with Gasteiger partial charge in [-0.05, 0) is 48.7 Å². The van der Waals surface area contributed by atoms with Crippen molar-refractivity contribution in [3.63, 3.8) is 0 Å². The van der Waals surface area contributed by atoms with Crippen LogP contribution >= 0.6 is 0 Å². The fourth-order valence-corrected chi connectivity index (χ4v) is 5.06. The van der Waals surface area contributed by atoms with Gasteiger partial charge in [-0.1, -0.05) is 12.1 Å². The van der Waals surface area contributed by atoms with E-state index in [0.29, 0.717) is 22.2 Å². The molecule has 1 aliphatic rings. The predicted octanol–water partition coefficient (Wildman–Crippen LogP) is 4.22. The van der Waals surface area contributed by atoms with E-state index in [4.69, 9.17) is 0 Å². The van der Waals surface area contributed by atoms with Crippen LogP contribution in [0.25, 0.3) is 22.2 Å². The molecule has 0 atom stereocenters. The summed E-state index contributed by atoms with van der Waals surface area (Å²) in [6.07, 6.45) is 4.62. The molecule has 0 spiro atoms. The minimum Gasteiger partial charge on any atom is -0.386 e. The van der Waals surface area contributed by atoms with Crippen molar-refractivity contribution in [2.75, 3.05) is 12.4 Å². The third-order valence-electron chi connectivity index (χ3n) is 5.76. The molecule has 0 saturated heterocycles. The number of hydrogen-bond donors (Lipinski definition) is 3. The topological polar surface area (TPSA) is 104 Å². The molecule has 1 saturated carbocycles. The summed E-state index contributed by atoms with van der Waals surface area (Å²) >= 11 is 0. The van der Waals surface area contributed by atoms with Gasteiger partial charge in [0, 0.05) is 42.0 Å². The number of rotatable bonds is 7. The first-order valence-electron chi connectivity index (χ1n) is 10.6. The fourth-order valence-electron chi connectivity index (χ4n) is 3.75. The molecule has 2 aromatic carbocycles. The van der Waals surface area contributed by atoms with Gasteiger partial charge in [0.15, 0.2) is 5.82 Å². The summed E-state index contributed by atoms with van der Waals surface area (Å²) in [6.45, 7) is 0. The van der Waals surface area contributed by atoms with E-state index in [2.05, 4.69) is 20.0 Å². The fraction of sp³-hybridized carbons (Fsp3) is 0.167. The van der Waals surface area contributed by atoms with Crippen LogP contribution in [0, 0.1) is 11.6 Å². The van der Waals surface area contributed by atoms with E-state index < -0.39 is 33.0 Å². The van der Waals surface area contributed by atoms with Crippen molar-refractivity contribution in [2.24, 2.45) is 0 Å². The van der Waals surface area contributed by atoms with Crippen molar-refractivity contribution in [1.82, 2.24) is 14.7 Å². The van der Waals surface area contributed by atoms with Gasteiger partial charge < -0.3 is 10.3 Å². The number of pyridine rings is 1. The Hall–Kier alpha value is -3.63. The number of sulfonamides is 1. The Bertz CT molecular complexity index is 1530. The second-order valence-electron chi connectivity index (χ2n) is 8.11. The summed E-state index contributed by atoms with van der Waals surface area (Å²) < 4.78 is 56.6. The average Bonchev–Trinajstić information content (AvgIpc) is 3.52. The summed E-state index contributed by atoms with van der Waals surface area (Å²) in [5.41, 5.74) is 1.10. The number of fused-ring (bicyclic) bond motifs is 1. The first-order valence-corrected chi connectivity index (χ1v) is 12.1. The van der Waals surface area contributed by atoms with Crippen molar-refractivity contribution < 1.29 is 22.0 Å². The smallest absolute Gasteiger partial charge is 0.240 e. The molecule has 0 unspecified atom stereocenters. The highest BCUT2D eigenvalue weighted by molar-refractivity contribution is 7.89. The van der Waals surface area contributed by atoms with Crippen LogP contribution in [0.3, 0.4) is 0 Å². The number of carbonyl (C=O) groups excluding carboxylic acids is 1. The molecule has 2 aromatic heterocycles. The van der Waals surface area contributed by atoms with Gasteiger partial charge in [-0.2, -0.15) is 0 Å². The molecule has 5 rings (SSSR count). The van der Waals surface area contributed by atoms with Crippen molar-refractivity contribution >= 4 is 32.5 Å². The molecule has 174 valence electrons. The third-order valence-corrected chi connectivity index (χ3v) is 7.30. The largest absolute Gasteiger partial charge is 0.386 e. The van der Waals surface area contributed by atoms with Gasteiger partial charge in [-0.15, -0.1) is 0 Å². The highest BCUT2D eigenvalue weighted by Gasteiger charge is 2.28. The molecule has 10 heteroatoms. The van der Waals surface area contributed by atoms with Crippen LogP contribution in [-0.2, 0) is 10.0 Å². The van der Waals surface area contributed by atoms with Gasteiger partial charge in [0.25, 0.3) is 0 Å². The summed E-state index contributed by atoms with van der Waals surface area (Å²) in [7, 11) is -2.10. The molecule has 3 N–H and O–H groups in total. The number of H-pyrrole nitrogens is 1. The lowest BCUT2D eigenvalue weighted by atomic mass is 10.00. The second kappa shape index (κ2) is 8.30. The molecule has 1 fully saturated rings. The number of hydrogen-bond acceptors (Lipinski definition) is 5. The predicted molar refractivity (Wildman–Crippen MR) is 124 cm³/mol. The maximum atomic E-state index is 14.7. The number of nitrogens with zero attached hydrogens (tertiary/aromatic N) is 1. The second-order valence-corrected chi connectivity index (χ2v) is 9.82. The van der Waals surface area contributed by atoms with Crippen molar-refractivity contribution in [1.29, 1.82) is 0 Å². The third kappa shape index (κ3) is 3.95. The van der Waals surface area contributed by atoms with Crippen molar-refractivity contribution in [2.45, 2.75) is 23.8 Å². The molecule has 0 amide bonds. The molecule has 0 aliphatic heterocycles. The summed E-state index contributed by atoms with van der Waals surface area (Å²) in [4.78, 5) is 20.4. The minimum atomic E-state index is -3.58. The maximum Gasteiger partial charge on any atom is 0.240 e. The number of halogens is 2. The zero-order valence-corrected chi connectivity index (χ0v) is 18.8. The van der Waals surface area contributed by atoms with E-state index >= 15 is 0 Å². The standard InChI is InChI=1S/C24H20F2N4O3S/c1-27-20-9-8-19(25)21(22(20)26)23(31)18-12-29-24-17(18)10-14(11-28-24)13-2-6-16(7-3-13)34(32,33)30-15-4-5-15/h2-3,6-12,15,27,30H,4-5H2,1H3,(H,28,29). The highest BCUT2D eigenvalue weighted by Crippen LogP contribution is 2.30. The number of anilines is 1. The number of nitrogens with one attached hydrogen (secondary N) is 3. The Morgan fingerprint density at radius 2 is 1.82 bits per heavy atom. The first kappa shape index (κ1) is 22.2. The molecular weight excluding hydrogens is 462 g/mol. The average molecular weight is 483 g/mol. The van der Waals surface area contributed by atoms with Gasteiger partial charge in [0.2, 0.25) is 15.8 Å². The Morgan fingerprint density at radius 3 is 2.50 bits per heavy atom. The number of carbonyl (C=O) groups is 1. The van der Waals surface area contributed by atoms with E-state index in [1.54, 1.807) is 24.4 Å². The molecule has 0 radical (unpaired) electrons. The van der Waals surface area contributed by atoms with E-state index in [1.165, 1.54) is 31.4 Å². The molecule has 2 heterocycles. The lowest BCUT2D eigenvalue weighted by Crippen LogP contribution is -2.25. The van der Waals surface area contributed by atoms with Crippen LogP contribution in [0.5, 0.6) is 0 Å². The lowest BCUT2D eigenvalue weighted by molar-refractivity contribution is 0.103. The summed E-state index contributed by atoms with van der Waals surface area (Å²) in [5, 5.41) is 2.99. The van der Waals surface area contributed by atoms with Crippen LogP contribution < -0.4 is 10.0 Å². The van der Waals surface area contributed by atoms with Gasteiger partial charge in [0.1, 0.15) is 11.5 Å². The summed E-state index contributed by atoms with van der Waals surface area (Å²) in [6, 6.07) is 10.2. The highest BCUT2D eigenvalue weighted by atomic mass is 32.2. The van der Waals surface area contributed by atoms with Gasteiger partial charge in [-0.3, -0.25) is 4.79 Å². The molecule has 7 nitrogen and oxygen atoms in total. The molecule has 34 heavy (non-hydrogen) atoms. The Kier molecular flexibility index (Phi) is 5.41. The van der Waals surface area contributed by atoms with Gasteiger partial charge in [0.05, 0.1) is 16.1 Å². The molecule has 4 aromatic rings. The van der Waals surface area contributed by atoms with Crippen molar-refractivity contribution in [3.05, 3.63) is 77.6 Å². The van der Waals surface area contributed by atoms with Gasteiger partial charge in [-0.25, -0.2) is 26.9 Å². The van der Waals surface area contributed by atoms with Crippen LogP contribution in [0.15, 0.2) is 59.8 Å². The molecular formula is C24H20F2N4O3S.